The Balaban J connectivity index is 2.30. The Hall–Kier alpha value is -2.46. The van der Waals surface area contributed by atoms with Crippen molar-refractivity contribution in [2.45, 2.75) is 12.7 Å². The first-order valence-corrected chi connectivity index (χ1v) is 6.92. The Morgan fingerprint density at radius 1 is 1.09 bits per heavy atom. The van der Waals surface area contributed by atoms with E-state index in [0.29, 0.717) is 29.4 Å². The van der Waals surface area contributed by atoms with E-state index in [0.717, 1.165) is 5.56 Å². The Morgan fingerprint density at radius 2 is 1.68 bits per heavy atom. The van der Waals surface area contributed by atoms with E-state index in [1.807, 2.05) is 30.3 Å². The van der Waals surface area contributed by atoms with E-state index >= 15 is 0 Å². The summed E-state index contributed by atoms with van der Waals surface area (Å²) in [4.78, 5) is 0. The van der Waals surface area contributed by atoms with Crippen LogP contribution in [0.3, 0.4) is 0 Å². The second-order valence-corrected chi connectivity index (χ2v) is 4.71. The van der Waals surface area contributed by atoms with Crippen molar-refractivity contribution in [1.82, 2.24) is 0 Å². The average molecular weight is 300 g/mol. The van der Waals surface area contributed by atoms with Crippen molar-refractivity contribution in [3.05, 3.63) is 66.2 Å². The van der Waals surface area contributed by atoms with Crippen molar-refractivity contribution in [2.75, 3.05) is 14.2 Å². The van der Waals surface area contributed by atoms with Gasteiger partial charge in [-0.25, -0.2) is 0 Å². The fourth-order valence-corrected chi connectivity index (χ4v) is 2.08. The molecule has 2 aromatic rings. The van der Waals surface area contributed by atoms with Gasteiger partial charge in [0.05, 0.1) is 20.3 Å². The summed E-state index contributed by atoms with van der Waals surface area (Å²) in [5.41, 5.74) is 1.68. The molecular formula is C18H20O4. The third-order valence-corrected chi connectivity index (χ3v) is 3.27. The fraction of sp³-hybridized carbons (Fsp3) is 0.222. The van der Waals surface area contributed by atoms with Crippen molar-refractivity contribution >= 4 is 0 Å². The summed E-state index contributed by atoms with van der Waals surface area (Å²) in [6, 6.07) is 13.3. The van der Waals surface area contributed by atoms with Gasteiger partial charge >= 0.3 is 0 Å². The molecule has 0 aliphatic carbocycles. The lowest BCUT2D eigenvalue weighted by Gasteiger charge is -2.17. The third kappa shape index (κ3) is 3.59. The molecule has 2 rings (SSSR count). The third-order valence-electron chi connectivity index (χ3n) is 3.27. The molecule has 0 saturated carbocycles. The first-order valence-electron chi connectivity index (χ1n) is 6.92. The van der Waals surface area contributed by atoms with Gasteiger partial charge < -0.3 is 19.3 Å². The van der Waals surface area contributed by atoms with Gasteiger partial charge in [0, 0.05) is 0 Å². The molecule has 2 aromatic carbocycles. The minimum Gasteiger partial charge on any atom is -0.493 e. The molecule has 0 radical (unpaired) electrons. The number of hydrogen-bond donors (Lipinski definition) is 1. The van der Waals surface area contributed by atoms with Gasteiger partial charge in [0.25, 0.3) is 0 Å². The van der Waals surface area contributed by atoms with Crippen LogP contribution in [-0.2, 0) is 6.61 Å². The van der Waals surface area contributed by atoms with Gasteiger partial charge in [-0.15, -0.1) is 6.58 Å². The van der Waals surface area contributed by atoms with E-state index < -0.39 is 6.10 Å². The van der Waals surface area contributed by atoms with Gasteiger partial charge in [-0.3, -0.25) is 0 Å². The van der Waals surface area contributed by atoms with E-state index in [1.54, 1.807) is 26.4 Å². The first kappa shape index (κ1) is 15.9. The zero-order valence-electron chi connectivity index (χ0n) is 12.8. The number of aliphatic hydroxyl groups excluding tert-OH is 1. The second-order valence-electron chi connectivity index (χ2n) is 4.71. The molecule has 1 atom stereocenters. The van der Waals surface area contributed by atoms with Crippen LogP contribution in [0.25, 0.3) is 0 Å². The summed E-state index contributed by atoms with van der Waals surface area (Å²) in [5, 5.41) is 9.90. The Kier molecular flexibility index (Phi) is 5.44. The lowest BCUT2D eigenvalue weighted by atomic mass is 10.1. The van der Waals surface area contributed by atoms with Crippen LogP contribution in [-0.4, -0.2) is 19.3 Å². The molecular weight excluding hydrogens is 280 g/mol. The summed E-state index contributed by atoms with van der Waals surface area (Å²) in [5.74, 6) is 1.52. The molecule has 0 unspecified atom stereocenters. The van der Waals surface area contributed by atoms with Gasteiger partial charge in [-0.2, -0.15) is 0 Å². The lowest BCUT2D eigenvalue weighted by Crippen LogP contribution is -2.02. The molecule has 4 nitrogen and oxygen atoms in total. The molecule has 22 heavy (non-hydrogen) atoms. The quantitative estimate of drug-likeness (QED) is 0.795. The smallest absolute Gasteiger partial charge is 0.203 e. The first-order chi connectivity index (χ1) is 10.7. The molecule has 0 saturated heterocycles. The summed E-state index contributed by atoms with van der Waals surface area (Å²) >= 11 is 0. The van der Waals surface area contributed by atoms with E-state index in [1.165, 1.54) is 6.08 Å². The number of hydrogen-bond acceptors (Lipinski definition) is 4. The molecule has 0 spiro atoms. The highest BCUT2D eigenvalue weighted by Crippen LogP contribution is 2.40. The normalized spacial score (nSPS) is 11.6. The van der Waals surface area contributed by atoms with E-state index in [4.69, 9.17) is 14.2 Å². The summed E-state index contributed by atoms with van der Waals surface area (Å²) in [7, 11) is 3.10. The molecule has 0 bridgehead atoms. The second kappa shape index (κ2) is 7.52. The van der Waals surface area contributed by atoms with Crippen LogP contribution in [0.2, 0.25) is 0 Å². The summed E-state index contributed by atoms with van der Waals surface area (Å²) in [6.07, 6.45) is 0.657. The van der Waals surface area contributed by atoms with Crippen molar-refractivity contribution in [3.63, 3.8) is 0 Å². The van der Waals surface area contributed by atoms with Crippen molar-refractivity contribution < 1.29 is 19.3 Å². The molecule has 0 aromatic heterocycles. The SMILES string of the molecule is C=C[C@H](O)c1cc(OC)c(OCc2ccccc2)c(OC)c1. The van der Waals surface area contributed by atoms with Gasteiger partial charge in [0.2, 0.25) is 5.75 Å². The van der Waals surface area contributed by atoms with Crippen LogP contribution in [0.1, 0.15) is 17.2 Å². The fourth-order valence-electron chi connectivity index (χ4n) is 2.08. The largest absolute Gasteiger partial charge is 0.493 e. The minimum atomic E-state index is -0.786. The zero-order chi connectivity index (χ0) is 15.9. The van der Waals surface area contributed by atoms with E-state index in [-0.39, 0.29) is 0 Å². The van der Waals surface area contributed by atoms with E-state index in [2.05, 4.69) is 6.58 Å². The maximum absolute atomic E-state index is 9.90. The van der Waals surface area contributed by atoms with Crippen LogP contribution in [0.15, 0.2) is 55.1 Å². The highest BCUT2D eigenvalue weighted by atomic mass is 16.5. The maximum atomic E-state index is 9.90. The number of benzene rings is 2. The monoisotopic (exact) mass is 300 g/mol. The molecule has 0 amide bonds. The molecule has 116 valence electrons. The Morgan fingerprint density at radius 3 is 2.18 bits per heavy atom. The van der Waals surface area contributed by atoms with Crippen molar-refractivity contribution in [1.29, 1.82) is 0 Å². The van der Waals surface area contributed by atoms with E-state index in [9.17, 15) is 5.11 Å². The average Bonchev–Trinajstić information content (AvgIpc) is 2.59. The van der Waals surface area contributed by atoms with Crippen LogP contribution in [0.4, 0.5) is 0 Å². The van der Waals surface area contributed by atoms with Gasteiger partial charge in [0.15, 0.2) is 11.5 Å². The number of methoxy groups -OCH3 is 2. The maximum Gasteiger partial charge on any atom is 0.203 e. The van der Waals surface area contributed by atoms with Gasteiger partial charge in [0.1, 0.15) is 6.61 Å². The predicted octanol–water partition coefficient (Wildman–Crippen LogP) is 3.50. The zero-order valence-corrected chi connectivity index (χ0v) is 12.8. The number of ether oxygens (including phenoxy) is 3. The summed E-state index contributed by atoms with van der Waals surface area (Å²) < 4.78 is 16.6. The molecule has 0 fully saturated rings. The van der Waals surface area contributed by atoms with Crippen LogP contribution in [0.5, 0.6) is 17.2 Å². The van der Waals surface area contributed by atoms with Crippen LogP contribution < -0.4 is 14.2 Å². The van der Waals surface area contributed by atoms with Crippen LogP contribution >= 0.6 is 0 Å². The lowest BCUT2D eigenvalue weighted by molar-refractivity contribution is 0.225. The standard InChI is InChI=1S/C18H20O4/c1-4-15(19)14-10-16(20-2)18(17(11-14)21-3)22-12-13-8-6-5-7-9-13/h4-11,15,19H,1,12H2,2-3H3/t15-/m0/s1. The topological polar surface area (TPSA) is 47.9 Å². The predicted molar refractivity (Wildman–Crippen MR) is 85.5 cm³/mol. The minimum absolute atomic E-state index is 0.400. The van der Waals surface area contributed by atoms with Crippen molar-refractivity contribution in [3.8, 4) is 17.2 Å². The molecule has 0 heterocycles. The molecule has 0 aliphatic heterocycles. The van der Waals surface area contributed by atoms with Gasteiger partial charge in [-0.05, 0) is 23.3 Å². The highest BCUT2D eigenvalue weighted by molar-refractivity contribution is 5.54. The number of rotatable bonds is 7. The van der Waals surface area contributed by atoms with Crippen LogP contribution in [0, 0.1) is 0 Å². The Bertz CT molecular complexity index is 597. The Labute approximate surface area is 130 Å². The molecule has 1 N–H and O–H groups in total. The molecule has 0 aliphatic rings. The summed E-state index contributed by atoms with van der Waals surface area (Å²) in [6.45, 7) is 3.98. The highest BCUT2D eigenvalue weighted by Gasteiger charge is 2.16. The number of aliphatic hydroxyl groups is 1. The molecule has 4 heteroatoms. The van der Waals surface area contributed by atoms with Gasteiger partial charge in [-0.1, -0.05) is 36.4 Å². The van der Waals surface area contributed by atoms with Crippen molar-refractivity contribution in [2.24, 2.45) is 0 Å².